The molecular weight excluding hydrogens is 688 g/mol. The van der Waals surface area contributed by atoms with Crippen LogP contribution in [0.15, 0.2) is 12.2 Å². The molecule has 0 heterocycles. The van der Waals surface area contributed by atoms with Crippen LogP contribution in [0.4, 0.5) is 0 Å². The van der Waals surface area contributed by atoms with E-state index in [1.807, 2.05) is 0 Å². The van der Waals surface area contributed by atoms with E-state index in [4.69, 9.17) is 57.2 Å². The summed E-state index contributed by atoms with van der Waals surface area (Å²) in [5.74, 6) is -0.993. The molecule has 0 amide bonds. The molecule has 0 aliphatic rings. The lowest BCUT2D eigenvalue weighted by Gasteiger charge is -2.09. The van der Waals surface area contributed by atoms with Crippen LogP contribution in [0.3, 0.4) is 0 Å². The average molecular weight is 767 g/mol. The van der Waals surface area contributed by atoms with Crippen LogP contribution in [0.25, 0.3) is 0 Å². The molecule has 0 unspecified atom stereocenters. The van der Waals surface area contributed by atoms with E-state index in [0.29, 0.717) is 126 Å². The molecule has 0 fully saturated rings. The monoisotopic (exact) mass is 767 g/mol. The van der Waals surface area contributed by atoms with Crippen LogP contribution in [-0.2, 0) is 56.9 Å². The lowest BCUT2D eigenvalue weighted by atomic mass is 10.1. The van der Waals surface area contributed by atoms with Gasteiger partial charge in [0.05, 0.1) is 132 Å². The van der Waals surface area contributed by atoms with Gasteiger partial charge in [-0.2, -0.15) is 0 Å². The van der Waals surface area contributed by atoms with E-state index in [2.05, 4.69) is 19.1 Å². The van der Waals surface area contributed by atoms with E-state index in [9.17, 15) is 4.79 Å². The van der Waals surface area contributed by atoms with Gasteiger partial charge in [0.1, 0.15) is 6.61 Å². The minimum Gasteiger partial charge on any atom is -0.480 e. The number of hydrogen-bond acceptors (Lipinski definition) is 12. The van der Waals surface area contributed by atoms with Gasteiger partial charge in [-0.15, -0.1) is 0 Å². The fourth-order valence-electron chi connectivity index (χ4n) is 4.81. The number of rotatable bonds is 48. The van der Waals surface area contributed by atoms with E-state index >= 15 is 0 Å². The van der Waals surface area contributed by atoms with Gasteiger partial charge in [0, 0.05) is 6.61 Å². The zero-order chi connectivity index (χ0) is 38.2. The van der Waals surface area contributed by atoms with Gasteiger partial charge < -0.3 is 57.2 Å². The first-order valence-corrected chi connectivity index (χ1v) is 20.5. The molecule has 53 heavy (non-hydrogen) atoms. The summed E-state index contributed by atoms with van der Waals surface area (Å²) in [5, 5.41) is 8.44. The Hall–Kier alpha value is -1.23. The molecule has 0 aromatic heterocycles. The molecule has 0 aliphatic carbocycles. The van der Waals surface area contributed by atoms with Crippen LogP contribution in [-0.4, -0.2) is 156 Å². The molecule has 0 aliphatic heterocycles. The Morgan fingerprint density at radius 3 is 0.887 bits per heavy atom. The number of carbonyl (C=O) groups is 1. The first-order chi connectivity index (χ1) is 26.3. The lowest BCUT2D eigenvalue weighted by Crippen LogP contribution is -2.15. The van der Waals surface area contributed by atoms with Crippen molar-refractivity contribution in [1.82, 2.24) is 0 Å². The van der Waals surface area contributed by atoms with Crippen LogP contribution in [0.1, 0.15) is 96.8 Å². The lowest BCUT2D eigenvalue weighted by molar-refractivity contribution is -0.142. The second-order valence-electron chi connectivity index (χ2n) is 12.5. The second kappa shape index (κ2) is 48.8. The Morgan fingerprint density at radius 1 is 0.340 bits per heavy atom. The first-order valence-electron chi connectivity index (χ1n) is 20.5. The number of unbranched alkanes of at least 4 members (excludes halogenated alkanes) is 12. The summed E-state index contributed by atoms with van der Waals surface area (Å²) in [7, 11) is 0. The van der Waals surface area contributed by atoms with E-state index in [0.717, 1.165) is 13.0 Å². The Kier molecular flexibility index (Phi) is 47.7. The Bertz CT molecular complexity index is 714. The van der Waals surface area contributed by atoms with Crippen molar-refractivity contribution in [1.29, 1.82) is 0 Å². The number of allylic oxidation sites excluding steroid dienone is 2. The van der Waals surface area contributed by atoms with Crippen molar-refractivity contribution in [3.63, 3.8) is 0 Å². The molecule has 13 nitrogen and oxygen atoms in total. The first kappa shape index (κ1) is 51.8. The molecule has 0 aromatic rings. The van der Waals surface area contributed by atoms with E-state index in [1.165, 1.54) is 83.5 Å². The van der Waals surface area contributed by atoms with Gasteiger partial charge in [0.25, 0.3) is 0 Å². The Morgan fingerprint density at radius 2 is 0.585 bits per heavy atom. The standard InChI is InChI=1S/C40H78O13/c1-2-3-4-5-6-7-8-9-10-11-12-13-14-15-16-17-18-43-19-20-44-21-22-45-23-24-46-25-26-47-27-28-48-29-30-49-31-32-50-33-34-51-35-36-52-37-38-53-39-40(41)42/h9-10H,2-8,11-39H2,1H3,(H,41,42)/b10-9-. The Balaban J connectivity index is 3.07. The third kappa shape index (κ3) is 50.8. The van der Waals surface area contributed by atoms with Crippen LogP contribution in [0.5, 0.6) is 0 Å². The fraction of sp³-hybridized carbons (Fsp3) is 0.925. The molecule has 0 radical (unpaired) electrons. The fourth-order valence-corrected chi connectivity index (χ4v) is 4.81. The summed E-state index contributed by atoms with van der Waals surface area (Å²) in [6.07, 6.45) is 23.2. The predicted molar refractivity (Wildman–Crippen MR) is 206 cm³/mol. The molecule has 1 N–H and O–H groups in total. The molecule has 0 saturated carbocycles. The topological polar surface area (TPSA) is 139 Å². The number of ether oxygens (including phenoxy) is 11. The highest BCUT2D eigenvalue weighted by Crippen LogP contribution is 2.10. The van der Waals surface area contributed by atoms with E-state index in [-0.39, 0.29) is 13.2 Å². The Labute approximate surface area is 321 Å². The summed E-state index contributed by atoms with van der Waals surface area (Å²) in [4.78, 5) is 10.3. The maximum Gasteiger partial charge on any atom is 0.329 e. The van der Waals surface area contributed by atoms with Crippen molar-refractivity contribution in [3.05, 3.63) is 12.2 Å². The molecule has 0 spiro atoms. The summed E-state index contributed by atoms with van der Waals surface area (Å²) in [5.41, 5.74) is 0. The number of carboxylic acid groups (broad SMARTS) is 1. The quantitative estimate of drug-likeness (QED) is 0.0549. The highest BCUT2D eigenvalue weighted by atomic mass is 16.6. The van der Waals surface area contributed by atoms with Gasteiger partial charge >= 0.3 is 5.97 Å². The van der Waals surface area contributed by atoms with Gasteiger partial charge in [0.2, 0.25) is 0 Å². The predicted octanol–water partition coefficient (Wildman–Crippen LogP) is 6.29. The largest absolute Gasteiger partial charge is 0.480 e. The maximum atomic E-state index is 10.3. The van der Waals surface area contributed by atoms with E-state index < -0.39 is 5.97 Å². The molecular formula is C40H78O13. The van der Waals surface area contributed by atoms with Crippen molar-refractivity contribution >= 4 is 5.97 Å². The van der Waals surface area contributed by atoms with Crippen molar-refractivity contribution in [2.45, 2.75) is 96.8 Å². The normalized spacial score (nSPS) is 11.7. The SMILES string of the molecule is CCCCCCCC/C=C\CCCCCCCCOCCOCCOCCOCCOCCOCCOCCOCCOCCOCCOCC(=O)O. The minimum absolute atomic E-state index is 0.244. The van der Waals surface area contributed by atoms with Crippen LogP contribution in [0.2, 0.25) is 0 Å². The van der Waals surface area contributed by atoms with Crippen molar-refractivity contribution in [3.8, 4) is 0 Å². The highest BCUT2D eigenvalue weighted by molar-refractivity contribution is 5.67. The van der Waals surface area contributed by atoms with Crippen LogP contribution < -0.4 is 0 Å². The van der Waals surface area contributed by atoms with Crippen molar-refractivity contribution in [2.24, 2.45) is 0 Å². The second-order valence-corrected chi connectivity index (χ2v) is 12.5. The van der Waals surface area contributed by atoms with E-state index in [1.54, 1.807) is 0 Å². The molecule has 0 bridgehead atoms. The molecule has 0 rings (SSSR count). The molecule has 13 heteroatoms. The zero-order valence-corrected chi connectivity index (χ0v) is 33.5. The smallest absolute Gasteiger partial charge is 0.329 e. The average Bonchev–Trinajstić information content (AvgIpc) is 3.15. The number of hydrogen-bond donors (Lipinski definition) is 1. The molecule has 316 valence electrons. The van der Waals surface area contributed by atoms with Crippen molar-refractivity contribution < 1.29 is 62.0 Å². The van der Waals surface area contributed by atoms with Crippen LogP contribution >= 0.6 is 0 Å². The third-order valence-electron chi connectivity index (χ3n) is 7.75. The highest BCUT2D eigenvalue weighted by Gasteiger charge is 1.98. The van der Waals surface area contributed by atoms with Gasteiger partial charge in [-0.1, -0.05) is 76.9 Å². The number of aliphatic carboxylic acids is 1. The molecule has 0 aromatic carbocycles. The van der Waals surface area contributed by atoms with Gasteiger partial charge in [0.15, 0.2) is 0 Å². The maximum absolute atomic E-state index is 10.3. The van der Waals surface area contributed by atoms with Gasteiger partial charge in [-0.25, -0.2) is 4.79 Å². The number of carboxylic acids is 1. The van der Waals surface area contributed by atoms with Crippen molar-refractivity contribution in [2.75, 3.05) is 145 Å². The summed E-state index contributed by atoms with van der Waals surface area (Å²) >= 11 is 0. The summed E-state index contributed by atoms with van der Waals surface area (Å²) in [6, 6.07) is 0. The molecule has 0 atom stereocenters. The third-order valence-corrected chi connectivity index (χ3v) is 7.75. The minimum atomic E-state index is -0.993. The van der Waals surface area contributed by atoms with Crippen LogP contribution in [0, 0.1) is 0 Å². The molecule has 0 saturated heterocycles. The summed E-state index contributed by atoms with van der Waals surface area (Å²) < 4.78 is 59.7. The zero-order valence-electron chi connectivity index (χ0n) is 33.5. The summed E-state index contributed by atoms with van der Waals surface area (Å²) in [6.45, 7) is 12.5. The van der Waals surface area contributed by atoms with Gasteiger partial charge in [-0.3, -0.25) is 0 Å². The van der Waals surface area contributed by atoms with Gasteiger partial charge in [-0.05, 0) is 32.1 Å².